The first-order valence-electron chi connectivity index (χ1n) is 7.35. The van der Waals surface area contributed by atoms with Crippen molar-refractivity contribution in [2.45, 2.75) is 57.3 Å². The van der Waals surface area contributed by atoms with Gasteiger partial charge in [-0.1, -0.05) is 24.6 Å². The Morgan fingerprint density at radius 1 is 1.16 bits per heavy atom. The molecule has 3 rings (SSSR count). The summed E-state index contributed by atoms with van der Waals surface area (Å²) in [4.78, 5) is 2.46. The normalized spacial score (nSPS) is 35.5. The molecule has 0 aliphatic carbocycles. The van der Waals surface area contributed by atoms with Gasteiger partial charge in [0.25, 0.3) is 0 Å². The Kier molecular flexibility index (Phi) is 3.50. The molecule has 0 aromatic heterocycles. The number of aliphatic hydroxyl groups excluding tert-OH is 1. The van der Waals surface area contributed by atoms with E-state index >= 15 is 0 Å². The molecule has 0 amide bonds. The highest BCUT2D eigenvalue weighted by molar-refractivity contribution is 5.37. The third kappa shape index (κ3) is 2.26. The molecule has 4 unspecified atom stereocenters. The second-order valence-electron chi connectivity index (χ2n) is 5.94. The van der Waals surface area contributed by atoms with E-state index in [-0.39, 0.29) is 6.04 Å². The van der Waals surface area contributed by atoms with Gasteiger partial charge in [-0.3, -0.25) is 4.90 Å². The van der Waals surface area contributed by atoms with Crippen molar-refractivity contribution in [2.24, 2.45) is 0 Å². The van der Waals surface area contributed by atoms with Gasteiger partial charge in [-0.2, -0.15) is 0 Å². The number of ether oxygens (including phenoxy) is 1. The molecule has 3 nitrogen and oxygen atoms in total. The van der Waals surface area contributed by atoms with E-state index < -0.39 is 6.10 Å². The summed E-state index contributed by atoms with van der Waals surface area (Å²) in [6.07, 6.45) is 3.29. The summed E-state index contributed by atoms with van der Waals surface area (Å²) in [5, 5.41) is 10.7. The minimum absolute atomic E-state index is 0.0835. The van der Waals surface area contributed by atoms with Gasteiger partial charge in [0, 0.05) is 17.6 Å². The Hall–Kier alpha value is -1.06. The Bertz CT molecular complexity index is 438. The quantitative estimate of drug-likeness (QED) is 0.843. The van der Waals surface area contributed by atoms with Crippen LogP contribution in [0.2, 0.25) is 0 Å². The fraction of sp³-hybridized carbons (Fsp3) is 0.625. The standard InChI is InChI=1S/C16H23NO2/c1-11-6-5-7-12(2)17(11)14-10-19-15-9-4-3-8-13(15)16(14)18/h3-4,8-9,11-12,14,16,18H,5-7,10H2,1-2H3. The summed E-state index contributed by atoms with van der Waals surface area (Å²) in [6.45, 7) is 5.12. The molecule has 0 radical (unpaired) electrons. The van der Waals surface area contributed by atoms with E-state index in [2.05, 4.69) is 18.7 Å². The molecule has 1 saturated heterocycles. The van der Waals surface area contributed by atoms with Crippen LogP contribution in [0.25, 0.3) is 0 Å². The summed E-state index contributed by atoms with van der Waals surface area (Å²) < 4.78 is 5.85. The average Bonchev–Trinajstić information content (AvgIpc) is 2.41. The van der Waals surface area contributed by atoms with Gasteiger partial charge in [-0.25, -0.2) is 0 Å². The molecule has 2 heterocycles. The number of likely N-dealkylation sites (tertiary alicyclic amines) is 1. The predicted molar refractivity (Wildman–Crippen MR) is 75.3 cm³/mol. The van der Waals surface area contributed by atoms with Gasteiger partial charge in [-0.05, 0) is 32.8 Å². The molecule has 2 aliphatic rings. The van der Waals surface area contributed by atoms with Gasteiger partial charge in [-0.15, -0.1) is 0 Å². The molecule has 2 aliphatic heterocycles. The van der Waals surface area contributed by atoms with Gasteiger partial charge in [0.05, 0.1) is 6.04 Å². The lowest BCUT2D eigenvalue weighted by Crippen LogP contribution is -2.55. The van der Waals surface area contributed by atoms with Crippen molar-refractivity contribution in [1.29, 1.82) is 0 Å². The lowest BCUT2D eigenvalue weighted by Gasteiger charge is -2.47. The maximum Gasteiger partial charge on any atom is 0.125 e. The SMILES string of the molecule is CC1CCCC(C)N1C1COc2ccccc2C1O. The summed E-state index contributed by atoms with van der Waals surface area (Å²) in [7, 11) is 0. The summed E-state index contributed by atoms with van der Waals surface area (Å²) in [5.41, 5.74) is 0.934. The predicted octanol–water partition coefficient (Wildman–Crippen LogP) is 2.74. The van der Waals surface area contributed by atoms with Crippen molar-refractivity contribution in [2.75, 3.05) is 6.61 Å². The Labute approximate surface area is 115 Å². The molecule has 1 aromatic rings. The lowest BCUT2D eigenvalue weighted by atomic mass is 9.90. The second-order valence-corrected chi connectivity index (χ2v) is 5.94. The average molecular weight is 261 g/mol. The van der Waals surface area contributed by atoms with Crippen molar-refractivity contribution in [3.05, 3.63) is 29.8 Å². The Morgan fingerprint density at radius 3 is 2.58 bits per heavy atom. The van der Waals surface area contributed by atoms with Crippen molar-refractivity contribution < 1.29 is 9.84 Å². The number of piperidine rings is 1. The van der Waals surface area contributed by atoms with E-state index in [4.69, 9.17) is 4.74 Å². The Morgan fingerprint density at radius 2 is 1.84 bits per heavy atom. The minimum Gasteiger partial charge on any atom is -0.491 e. The third-order valence-corrected chi connectivity index (χ3v) is 4.66. The van der Waals surface area contributed by atoms with Crippen LogP contribution in [0.3, 0.4) is 0 Å². The fourth-order valence-electron chi connectivity index (χ4n) is 3.67. The van der Waals surface area contributed by atoms with Crippen LogP contribution >= 0.6 is 0 Å². The van der Waals surface area contributed by atoms with Gasteiger partial charge >= 0.3 is 0 Å². The number of aliphatic hydroxyl groups is 1. The van der Waals surface area contributed by atoms with Gasteiger partial charge in [0.2, 0.25) is 0 Å². The number of rotatable bonds is 1. The maximum absolute atomic E-state index is 10.7. The van der Waals surface area contributed by atoms with Crippen LogP contribution in [0, 0.1) is 0 Å². The fourth-order valence-corrected chi connectivity index (χ4v) is 3.67. The number of para-hydroxylation sites is 1. The van der Waals surface area contributed by atoms with Crippen molar-refractivity contribution in [1.82, 2.24) is 4.90 Å². The van der Waals surface area contributed by atoms with E-state index in [1.54, 1.807) is 0 Å². The van der Waals surface area contributed by atoms with E-state index in [9.17, 15) is 5.11 Å². The largest absolute Gasteiger partial charge is 0.491 e. The summed E-state index contributed by atoms with van der Waals surface area (Å²) in [6, 6.07) is 8.98. The molecule has 104 valence electrons. The topological polar surface area (TPSA) is 32.7 Å². The summed E-state index contributed by atoms with van der Waals surface area (Å²) >= 11 is 0. The highest BCUT2D eigenvalue weighted by Crippen LogP contribution is 2.37. The minimum atomic E-state index is -0.437. The number of hydrogen-bond acceptors (Lipinski definition) is 3. The lowest BCUT2D eigenvalue weighted by molar-refractivity contribution is -0.0470. The first-order chi connectivity index (χ1) is 9.18. The second kappa shape index (κ2) is 5.14. The molecule has 1 N–H and O–H groups in total. The molecule has 19 heavy (non-hydrogen) atoms. The monoisotopic (exact) mass is 261 g/mol. The molecule has 1 fully saturated rings. The van der Waals surface area contributed by atoms with Gasteiger partial charge in [0.1, 0.15) is 18.5 Å². The first-order valence-corrected chi connectivity index (χ1v) is 7.35. The van der Waals surface area contributed by atoms with Crippen molar-refractivity contribution in [3.8, 4) is 5.75 Å². The summed E-state index contributed by atoms with van der Waals surface area (Å²) in [5.74, 6) is 0.837. The molecule has 1 aromatic carbocycles. The molecule has 3 heteroatoms. The van der Waals surface area contributed by atoms with Gasteiger partial charge in [0.15, 0.2) is 0 Å². The zero-order valence-electron chi connectivity index (χ0n) is 11.7. The van der Waals surface area contributed by atoms with E-state index in [1.807, 2.05) is 24.3 Å². The van der Waals surface area contributed by atoms with Crippen LogP contribution in [0.1, 0.15) is 44.8 Å². The van der Waals surface area contributed by atoms with Crippen LogP contribution in [0.5, 0.6) is 5.75 Å². The zero-order valence-corrected chi connectivity index (χ0v) is 11.7. The zero-order chi connectivity index (χ0) is 13.4. The number of hydrogen-bond donors (Lipinski definition) is 1. The number of benzene rings is 1. The van der Waals surface area contributed by atoms with Crippen LogP contribution in [-0.4, -0.2) is 34.7 Å². The third-order valence-electron chi connectivity index (χ3n) is 4.66. The van der Waals surface area contributed by atoms with E-state index in [0.29, 0.717) is 18.7 Å². The van der Waals surface area contributed by atoms with Crippen LogP contribution in [0.4, 0.5) is 0 Å². The molecular weight excluding hydrogens is 238 g/mol. The Balaban J connectivity index is 1.87. The highest BCUT2D eigenvalue weighted by Gasteiger charge is 2.39. The van der Waals surface area contributed by atoms with E-state index in [0.717, 1.165) is 11.3 Å². The van der Waals surface area contributed by atoms with Crippen LogP contribution < -0.4 is 4.74 Å². The van der Waals surface area contributed by atoms with Crippen LogP contribution in [0.15, 0.2) is 24.3 Å². The molecule has 0 saturated carbocycles. The molecule has 0 spiro atoms. The van der Waals surface area contributed by atoms with Crippen molar-refractivity contribution in [3.63, 3.8) is 0 Å². The number of nitrogens with zero attached hydrogens (tertiary/aromatic N) is 1. The smallest absolute Gasteiger partial charge is 0.125 e. The molecule has 4 atom stereocenters. The molecular formula is C16H23NO2. The molecule has 0 bridgehead atoms. The first kappa shape index (κ1) is 12.9. The van der Waals surface area contributed by atoms with Gasteiger partial charge < -0.3 is 9.84 Å². The van der Waals surface area contributed by atoms with Crippen LogP contribution in [-0.2, 0) is 0 Å². The van der Waals surface area contributed by atoms with E-state index in [1.165, 1.54) is 19.3 Å². The maximum atomic E-state index is 10.7. The highest BCUT2D eigenvalue weighted by atomic mass is 16.5. The number of fused-ring (bicyclic) bond motifs is 1. The van der Waals surface area contributed by atoms with Crippen molar-refractivity contribution >= 4 is 0 Å².